The monoisotopic (exact) mass is 573 g/mol. The lowest BCUT2D eigenvalue weighted by Crippen LogP contribution is -2.54. The summed E-state index contributed by atoms with van der Waals surface area (Å²) >= 11 is 6.10. The van der Waals surface area contributed by atoms with E-state index >= 15 is 0 Å². The Morgan fingerprint density at radius 2 is 1.64 bits per heavy atom. The Balaban J connectivity index is 2.05. The summed E-state index contributed by atoms with van der Waals surface area (Å²) in [4.78, 5) is 28.9. The molecule has 39 heavy (non-hydrogen) atoms. The fraction of sp³-hybridized carbons (Fsp3) is 0.310. The standard InChI is InChI=1S/C29H33ClFN3O4S/c1-4-21(2)32-29(36)27(17-22-9-6-5-7-10-22)33(19-23-13-15-25(31)16-14-23)28(35)20-34(39(3,37)38)26-12-8-11-24(30)18-26/h5-16,18,21,27H,4,17,19-20H2,1-3H3,(H,32,36). The second-order valence-electron chi connectivity index (χ2n) is 9.42. The number of carbonyl (C=O) groups excluding carboxylic acids is 2. The average Bonchev–Trinajstić information content (AvgIpc) is 2.90. The number of carbonyl (C=O) groups is 2. The Kier molecular flexibility index (Phi) is 10.5. The zero-order valence-electron chi connectivity index (χ0n) is 22.2. The summed E-state index contributed by atoms with van der Waals surface area (Å²) in [5, 5.41) is 3.27. The maximum atomic E-state index is 14.0. The van der Waals surface area contributed by atoms with E-state index in [-0.39, 0.29) is 30.6 Å². The first-order valence-corrected chi connectivity index (χ1v) is 14.8. The summed E-state index contributed by atoms with van der Waals surface area (Å²) in [7, 11) is -3.89. The van der Waals surface area contributed by atoms with Crippen molar-refractivity contribution in [1.82, 2.24) is 10.2 Å². The second kappa shape index (κ2) is 13.6. The fourth-order valence-corrected chi connectivity index (χ4v) is 5.05. The van der Waals surface area contributed by atoms with Gasteiger partial charge in [-0.05, 0) is 54.8 Å². The molecule has 0 radical (unpaired) electrons. The molecular formula is C29H33ClFN3O4S. The van der Waals surface area contributed by atoms with Crippen LogP contribution in [0, 0.1) is 5.82 Å². The predicted octanol–water partition coefficient (Wildman–Crippen LogP) is 4.80. The van der Waals surface area contributed by atoms with Crippen molar-refractivity contribution in [2.45, 2.75) is 45.3 Å². The predicted molar refractivity (Wildman–Crippen MR) is 152 cm³/mol. The molecule has 0 spiro atoms. The third kappa shape index (κ3) is 8.80. The van der Waals surface area contributed by atoms with Gasteiger partial charge in [0.1, 0.15) is 18.4 Å². The first kappa shape index (κ1) is 30.1. The molecule has 0 aliphatic carbocycles. The van der Waals surface area contributed by atoms with Gasteiger partial charge in [0.2, 0.25) is 21.8 Å². The van der Waals surface area contributed by atoms with Crippen LogP contribution in [0.3, 0.4) is 0 Å². The molecule has 0 aliphatic heterocycles. The molecule has 3 aromatic carbocycles. The Morgan fingerprint density at radius 3 is 2.23 bits per heavy atom. The largest absolute Gasteiger partial charge is 0.352 e. The van der Waals surface area contributed by atoms with E-state index in [9.17, 15) is 22.4 Å². The van der Waals surface area contributed by atoms with E-state index in [2.05, 4.69) is 5.32 Å². The highest BCUT2D eigenvalue weighted by molar-refractivity contribution is 7.92. The van der Waals surface area contributed by atoms with Gasteiger partial charge in [-0.3, -0.25) is 13.9 Å². The van der Waals surface area contributed by atoms with Gasteiger partial charge in [-0.1, -0.05) is 67.1 Å². The van der Waals surface area contributed by atoms with Gasteiger partial charge in [-0.25, -0.2) is 12.8 Å². The molecule has 1 N–H and O–H groups in total. The number of rotatable bonds is 12. The van der Waals surface area contributed by atoms with E-state index in [0.717, 1.165) is 16.1 Å². The van der Waals surface area contributed by atoms with Crippen molar-refractivity contribution in [3.8, 4) is 0 Å². The van der Waals surface area contributed by atoms with E-state index in [1.165, 1.54) is 35.2 Å². The number of hydrogen-bond acceptors (Lipinski definition) is 4. The molecule has 2 atom stereocenters. The highest BCUT2D eigenvalue weighted by Crippen LogP contribution is 2.23. The molecule has 208 valence electrons. The number of halogens is 2. The van der Waals surface area contributed by atoms with Crippen LogP contribution in [0.25, 0.3) is 0 Å². The van der Waals surface area contributed by atoms with Crippen LogP contribution < -0.4 is 9.62 Å². The molecule has 10 heteroatoms. The average molecular weight is 574 g/mol. The third-order valence-electron chi connectivity index (χ3n) is 6.31. The quantitative estimate of drug-likeness (QED) is 0.337. The molecule has 0 saturated carbocycles. The molecule has 0 aliphatic rings. The Labute approximate surface area is 234 Å². The van der Waals surface area contributed by atoms with Crippen molar-refractivity contribution in [1.29, 1.82) is 0 Å². The van der Waals surface area contributed by atoms with Gasteiger partial charge < -0.3 is 10.2 Å². The summed E-state index contributed by atoms with van der Waals surface area (Å²) in [5.74, 6) is -1.39. The highest BCUT2D eigenvalue weighted by atomic mass is 35.5. The van der Waals surface area contributed by atoms with E-state index < -0.39 is 34.3 Å². The summed E-state index contributed by atoms with van der Waals surface area (Å²) < 4.78 is 40.1. The molecule has 3 aromatic rings. The number of hydrogen-bond donors (Lipinski definition) is 1. The third-order valence-corrected chi connectivity index (χ3v) is 7.69. The van der Waals surface area contributed by atoms with E-state index in [0.29, 0.717) is 17.0 Å². The highest BCUT2D eigenvalue weighted by Gasteiger charge is 2.33. The maximum Gasteiger partial charge on any atom is 0.244 e. The summed E-state index contributed by atoms with van der Waals surface area (Å²) in [5.41, 5.74) is 1.64. The number of nitrogens with zero attached hydrogens (tertiary/aromatic N) is 2. The Morgan fingerprint density at radius 1 is 0.974 bits per heavy atom. The zero-order valence-corrected chi connectivity index (χ0v) is 23.8. The van der Waals surface area contributed by atoms with Crippen molar-refractivity contribution >= 4 is 39.1 Å². The molecule has 2 unspecified atom stereocenters. The smallest absolute Gasteiger partial charge is 0.244 e. The molecule has 2 amide bonds. The number of sulfonamides is 1. The van der Waals surface area contributed by atoms with Crippen LogP contribution in [0.15, 0.2) is 78.9 Å². The first-order valence-electron chi connectivity index (χ1n) is 12.6. The normalized spacial score (nSPS) is 12.8. The lowest BCUT2D eigenvalue weighted by molar-refractivity contribution is -0.140. The van der Waals surface area contributed by atoms with E-state index in [1.807, 2.05) is 44.2 Å². The molecule has 0 heterocycles. The number of anilines is 1. The first-order chi connectivity index (χ1) is 18.5. The molecule has 7 nitrogen and oxygen atoms in total. The van der Waals surface area contributed by atoms with Crippen molar-refractivity contribution in [2.24, 2.45) is 0 Å². The summed E-state index contributed by atoms with van der Waals surface area (Å²) in [6.07, 6.45) is 1.89. The van der Waals surface area contributed by atoms with Gasteiger partial charge >= 0.3 is 0 Å². The molecule has 0 saturated heterocycles. The summed E-state index contributed by atoms with van der Waals surface area (Å²) in [6.45, 7) is 3.22. The minimum atomic E-state index is -3.89. The van der Waals surface area contributed by atoms with E-state index in [1.54, 1.807) is 18.2 Å². The van der Waals surface area contributed by atoms with Crippen molar-refractivity contribution in [3.63, 3.8) is 0 Å². The van der Waals surface area contributed by atoms with Crippen LogP contribution in [-0.4, -0.2) is 50.0 Å². The van der Waals surface area contributed by atoms with Gasteiger partial charge in [0.05, 0.1) is 11.9 Å². The van der Waals surface area contributed by atoms with Crippen LogP contribution in [0.1, 0.15) is 31.4 Å². The van der Waals surface area contributed by atoms with Gasteiger partial charge in [-0.15, -0.1) is 0 Å². The minimum absolute atomic E-state index is 0.0301. The lowest BCUT2D eigenvalue weighted by Gasteiger charge is -2.34. The number of benzene rings is 3. The summed E-state index contributed by atoms with van der Waals surface area (Å²) in [6, 6.07) is 20.0. The van der Waals surface area contributed by atoms with Gasteiger partial charge in [0.15, 0.2) is 0 Å². The van der Waals surface area contributed by atoms with Gasteiger partial charge in [-0.2, -0.15) is 0 Å². The second-order valence-corrected chi connectivity index (χ2v) is 11.8. The van der Waals surface area contributed by atoms with Crippen LogP contribution >= 0.6 is 11.6 Å². The molecule has 0 fully saturated rings. The lowest BCUT2D eigenvalue weighted by atomic mass is 10.0. The van der Waals surface area contributed by atoms with E-state index in [4.69, 9.17) is 11.6 Å². The van der Waals surface area contributed by atoms with Gasteiger partial charge in [0, 0.05) is 24.0 Å². The zero-order chi connectivity index (χ0) is 28.6. The van der Waals surface area contributed by atoms with Crippen molar-refractivity contribution in [2.75, 3.05) is 17.1 Å². The Hall–Kier alpha value is -3.43. The van der Waals surface area contributed by atoms with Gasteiger partial charge in [0.25, 0.3) is 0 Å². The van der Waals surface area contributed by atoms with Crippen molar-refractivity contribution < 1.29 is 22.4 Å². The van der Waals surface area contributed by atoms with Crippen molar-refractivity contribution in [3.05, 3.63) is 101 Å². The molecule has 0 bridgehead atoms. The SMILES string of the molecule is CCC(C)NC(=O)C(Cc1ccccc1)N(Cc1ccc(F)cc1)C(=O)CN(c1cccc(Cl)c1)S(C)(=O)=O. The fourth-order valence-electron chi connectivity index (χ4n) is 4.03. The molecule has 0 aromatic heterocycles. The number of nitrogens with one attached hydrogen (secondary N) is 1. The molecular weight excluding hydrogens is 541 g/mol. The van der Waals surface area contributed by atoms with Crippen LogP contribution in [0.2, 0.25) is 5.02 Å². The Bertz CT molecular complexity index is 1370. The van der Waals surface area contributed by atoms with Crippen LogP contribution in [-0.2, 0) is 32.6 Å². The van der Waals surface area contributed by atoms with Crippen LogP contribution in [0.5, 0.6) is 0 Å². The van der Waals surface area contributed by atoms with Crippen LogP contribution in [0.4, 0.5) is 10.1 Å². The maximum absolute atomic E-state index is 14.0. The minimum Gasteiger partial charge on any atom is -0.352 e. The molecule has 3 rings (SSSR count). The number of amides is 2. The topological polar surface area (TPSA) is 86.8 Å².